The van der Waals surface area contributed by atoms with E-state index >= 15 is 0 Å². The molecule has 0 fully saturated rings. The van der Waals surface area contributed by atoms with Crippen molar-refractivity contribution in [2.24, 2.45) is 10.7 Å². The Bertz CT molecular complexity index is 1010. The highest BCUT2D eigenvalue weighted by atomic mass is 16.5. The van der Waals surface area contributed by atoms with Crippen molar-refractivity contribution < 1.29 is 4.74 Å². The molecule has 4 rings (SSSR count). The van der Waals surface area contributed by atoms with E-state index < -0.39 is 6.17 Å². The number of para-hydroxylation sites is 1. The Kier molecular flexibility index (Phi) is 3.19. The molecule has 7 nitrogen and oxygen atoms in total. The summed E-state index contributed by atoms with van der Waals surface area (Å²) in [4.78, 5) is 20.8. The van der Waals surface area contributed by atoms with E-state index in [1.807, 2.05) is 47.0 Å². The molecule has 2 aromatic carbocycles. The maximum Gasteiger partial charge on any atom is 0.282 e. The molecule has 0 radical (unpaired) electrons. The van der Waals surface area contributed by atoms with Crippen molar-refractivity contribution in [2.45, 2.75) is 6.17 Å². The van der Waals surface area contributed by atoms with Crippen LogP contribution in [0.25, 0.3) is 10.9 Å². The largest absolute Gasteiger partial charge is 0.497 e. The first-order valence-electron chi connectivity index (χ1n) is 7.43. The van der Waals surface area contributed by atoms with E-state index in [4.69, 9.17) is 10.5 Å². The normalized spacial score (nSPS) is 16.2. The molecule has 7 heteroatoms. The number of benzene rings is 2. The summed E-state index contributed by atoms with van der Waals surface area (Å²) >= 11 is 0. The number of nitrogens with two attached hydrogens (primary N) is 1. The number of methoxy groups -OCH3 is 1. The summed E-state index contributed by atoms with van der Waals surface area (Å²) in [5, 5.41) is 3.41. The molecule has 0 amide bonds. The molecule has 1 aliphatic heterocycles. The van der Waals surface area contributed by atoms with Crippen LogP contribution in [-0.2, 0) is 0 Å². The number of guanidine groups is 1. The fourth-order valence-corrected chi connectivity index (χ4v) is 2.86. The summed E-state index contributed by atoms with van der Waals surface area (Å²) in [6, 6.07) is 14.9. The summed E-state index contributed by atoms with van der Waals surface area (Å²) in [6.45, 7) is 0. The lowest BCUT2D eigenvalue weighted by Gasteiger charge is -2.27. The van der Waals surface area contributed by atoms with Gasteiger partial charge in [-0.2, -0.15) is 4.98 Å². The maximum atomic E-state index is 12.2. The third kappa shape index (κ3) is 2.18. The smallest absolute Gasteiger partial charge is 0.282 e. The Morgan fingerprint density at radius 3 is 2.67 bits per heavy atom. The van der Waals surface area contributed by atoms with Crippen molar-refractivity contribution in [2.75, 3.05) is 12.4 Å². The van der Waals surface area contributed by atoms with Gasteiger partial charge in [-0.05, 0) is 29.8 Å². The molecular formula is C17H15N5O2. The zero-order chi connectivity index (χ0) is 16.7. The minimum Gasteiger partial charge on any atom is -0.497 e. The average Bonchev–Trinajstić information content (AvgIpc) is 2.61. The van der Waals surface area contributed by atoms with Gasteiger partial charge < -0.3 is 10.5 Å². The van der Waals surface area contributed by atoms with Crippen LogP contribution in [0.15, 0.2) is 58.3 Å². The molecule has 0 saturated carbocycles. The molecule has 0 saturated heterocycles. The molecule has 0 spiro atoms. The standard InChI is InChI=1S/C17H15N5O2/c1-24-11-8-6-10(7-9-11)14-19-16(18)21-17-20-15(23)12-4-2-3-5-13(12)22(14)17/h2-9,14H,1H3,(H3,18,19,20,21,23)/t14-/m1/s1. The van der Waals surface area contributed by atoms with E-state index in [1.54, 1.807) is 13.2 Å². The van der Waals surface area contributed by atoms with Crippen LogP contribution < -0.4 is 21.3 Å². The SMILES string of the molecule is COc1ccc([C@@H]2N=C(N)Nc3nc(=O)c4ccccc4n32)cc1. The number of aromatic nitrogens is 2. The molecule has 24 heavy (non-hydrogen) atoms. The number of nitrogens with one attached hydrogen (secondary N) is 1. The number of ether oxygens (including phenoxy) is 1. The van der Waals surface area contributed by atoms with E-state index in [0.29, 0.717) is 11.3 Å². The van der Waals surface area contributed by atoms with Crippen LogP contribution in [0.2, 0.25) is 0 Å². The molecule has 0 unspecified atom stereocenters. The van der Waals surface area contributed by atoms with Crippen LogP contribution in [0.4, 0.5) is 5.95 Å². The lowest BCUT2D eigenvalue weighted by atomic mass is 10.1. The van der Waals surface area contributed by atoms with Crippen molar-refractivity contribution in [3.8, 4) is 5.75 Å². The average molecular weight is 321 g/mol. The quantitative estimate of drug-likeness (QED) is 0.749. The molecule has 0 bridgehead atoms. The van der Waals surface area contributed by atoms with E-state index in [2.05, 4.69) is 15.3 Å². The molecule has 1 aromatic heterocycles. The van der Waals surface area contributed by atoms with Crippen LogP contribution in [0.5, 0.6) is 5.75 Å². The van der Waals surface area contributed by atoms with Gasteiger partial charge in [0.2, 0.25) is 5.95 Å². The van der Waals surface area contributed by atoms with Gasteiger partial charge in [0.05, 0.1) is 18.0 Å². The summed E-state index contributed by atoms with van der Waals surface area (Å²) in [7, 11) is 1.62. The van der Waals surface area contributed by atoms with Gasteiger partial charge in [0.15, 0.2) is 12.1 Å². The predicted molar refractivity (Wildman–Crippen MR) is 92.4 cm³/mol. The third-order valence-corrected chi connectivity index (χ3v) is 3.99. The van der Waals surface area contributed by atoms with Gasteiger partial charge in [0, 0.05) is 0 Å². The van der Waals surface area contributed by atoms with Crippen LogP contribution in [0.1, 0.15) is 11.7 Å². The van der Waals surface area contributed by atoms with Gasteiger partial charge in [-0.15, -0.1) is 0 Å². The summed E-state index contributed by atoms with van der Waals surface area (Å²) < 4.78 is 7.07. The highest BCUT2D eigenvalue weighted by Crippen LogP contribution is 2.30. The monoisotopic (exact) mass is 321 g/mol. The lowest BCUT2D eigenvalue weighted by molar-refractivity contribution is 0.414. The number of aliphatic imine (C=N–C) groups is 1. The number of anilines is 1. The fourth-order valence-electron chi connectivity index (χ4n) is 2.86. The Morgan fingerprint density at radius 1 is 1.17 bits per heavy atom. The number of hydrogen-bond donors (Lipinski definition) is 2. The molecular weight excluding hydrogens is 306 g/mol. The van der Waals surface area contributed by atoms with Gasteiger partial charge in [-0.3, -0.25) is 14.7 Å². The van der Waals surface area contributed by atoms with Crippen LogP contribution >= 0.6 is 0 Å². The zero-order valence-corrected chi connectivity index (χ0v) is 12.9. The molecule has 1 atom stereocenters. The Labute approximate surface area is 137 Å². The number of fused-ring (bicyclic) bond motifs is 3. The van der Waals surface area contributed by atoms with Gasteiger partial charge in [0.25, 0.3) is 5.56 Å². The van der Waals surface area contributed by atoms with Crippen molar-refractivity contribution in [1.82, 2.24) is 9.55 Å². The molecule has 3 aromatic rings. The van der Waals surface area contributed by atoms with E-state index in [-0.39, 0.29) is 11.5 Å². The summed E-state index contributed by atoms with van der Waals surface area (Å²) in [6.07, 6.45) is -0.412. The van der Waals surface area contributed by atoms with Gasteiger partial charge in [-0.1, -0.05) is 24.3 Å². The number of rotatable bonds is 2. The first-order chi connectivity index (χ1) is 11.7. The van der Waals surface area contributed by atoms with Gasteiger partial charge in [-0.25, -0.2) is 4.99 Å². The summed E-state index contributed by atoms with van der Waals surface area (Å²) in [5.74, 6) is 1.36. The van der Waals surface area contributed by atoms with Crippen LogP contribution in [0, 0.1) is 0 Å². The molecule has 120 valence electrons. The molecule has 2 heterocycles. The first kappa shape index (κ1) is 14.3. The van der Waals surface area contributed by atoms with Crippen molar-refractivity contribution >= 4 is 22.8 Å². The van der Waals surface area contributed by atoms with E-state index in [0.717, 1.165) is 16.8 Å². The fraction of sp³-hybridized carbons (Fsp3) is 0.118. The second-order valence-electron chi connectivity index (χ2n) is 5.41. The second-order valence-corrected chi connectivity index (χ2v) is 5.41. The lowest BCUT2D eigenvalue weighted by Crippen LogP contribution is -2.34. The maximum absolute atomic E-state index is 12.2. The molecule has 1 aliphatic rings. The van der Waals surface area contributed by atoms with Crippen molar-refractivity contribution in [1.29, 1.82) is 0 Å². The second kappa shape index (κ2) is 5.38. The Balaban J connectivity index is 1.97. The highest BCUT2D eigenvalue weighted by molar-refractivity contribution is 5.93. The van der Waals surface area contributed by atoms with Crippen molar-refractivity contribution in [3.05, 3.63) is 64.4 Å². The number of nitrogens with zero attached hydrogens (tertiary/aromatic N) is 3. The van der Waals surface area contributed by atoms with Crippen LogP contribution in [0.3, 0.4) is 0 Å². The highest BCUT2D eigenvalue weighted by Gasteiger charge is 2.24. The van der Waals surface area contributed by atoms with Crippen molar-refractivity contribution in [3.63, 3.8) is 0 Å². The molecule has 0 aliphatic carbocycles. The minimum atomic E-state index is -0.412. The number of hydrogen-bond acceptors (Lipinski definition) is 6. The van der Waals surface area contributed by atoms with E-state index in [9.17, 15) is 4.79 Å². The van der Waals surface area contributed by atoms with Crippen LogP contribution in [-0.4, -0.2) is 22.6 Å². The van der Waals surface area contributed by atoms with Gasteiger partial charge >= 0.3 is 0 Å². The first-order valence-corrected chi connectivity index (χ1v) is 7.43. The Hall–Kier alpha value is -3.35. The minimum absolute atomic E-state index is 0.220. The molecule has 3 N–H and O–H groups in total. The summed E-state index contributed by atoms with van der Waals surface area (Å²) in [5.41, 5.74) is 7.25. The Morgan fingerprint density at radius 2 is 1.92 bits per heavy atom. The third-order valence-electron chi connectivity index (χ3n) is 3.99. The van der Waals surface area contributed by atoms with Gasteiger partial charge in [0.1, 0.15) is 5.75 Å². The predicted octanol–water partition coefficient (Wildman–Crippen LogP) is 1.69. The van der Waals surface area contributed by atoms with E-state index in [1.165, 1.54) is 0 Å². The zero-order valence-electron chi connectivity index (χ0n) is 12.9. The topological polar surface area (TPSA) is 94.5 Å².